The molecule has 0 saturated carbocycles. The quantitative estimate of drug-likeness (QED) is 0.852. The molecule has 0 aliphatic rings. The largest absolute Gasteiger partial charge is 0.444 e. The van der Waals surface area contributed by atoms with Gasteiger partial charge in [-0.25, -0.2) is 4.79 Å². The molecule has 5 nitrogen and oxygen atoms in total. The number of nitriles is 1. The van der Waals surface area contributed by atoms with E-state index in [1.54, 1.807) is 6.92 Å². The second-order valence-corrected chi connectivity index (χ2v) is 5.07. The molecule has 0 fully saturated rings. The zero-order chi connectivity index (χ0) is 13.9. The Morgan fingerprint density at radius 3 is 2.56 bits per heavy atom. The molecule has 0 unspecified atom stereocenters. The molecule has 18 heavy (non-hydrogen) atoms. The Labute approximate surface area is 109 Å². The lowest BCUT2D eigenvalue weighted by molar-refractivity contribution is -0.114. The zero-order valence-corrected chi connectivity index (χ0v) is 11.5. The van der Waals surface area contributed by atoms with E-state index in [1.165, 1.54) is 25.2 Å². The maximum Gasteiger partial charge on any atom is 0.342 e. The predicted octanol–water partition coefficient (Wildman–Crippen LogP) is 2.39. The van der Waals surface area contributed by atoms with Gasteiger partial charge in [-0.2, -0.15) is 5.26 Å². The highest BCUT2D eigenvalue weighted by Crippen LogP contribution is 2.33. The highest BCUT2D eigenvalue weighted by molar-refractivity contribution is 7.16. The van der Waals surface area contributed by atoms with E-state index >= 15 is 0 Å². The second-order valence-electron chi connectivity index (χ2n) is 3.85. The van der Waals surface area contributed by atoms with Crippen LogP contribution in [0.4, 0.5) is 5.00 Å². The summed E-state index contributed by atoms with van der Waals surface area (Å²) in [5.74, 6) is -0.840. The molecular formula is C12H14N2O3S. The van der Waals surface area contributed by atoms with Gasteiger partial charge in [-0.05, 0) is 26.3 Å². The first kappa shape index (κ1) is 14.2. The molecule has 0 radical (unpaired) electrons. The van der Waals surface area contributed by atoms with Crippen molar-refractivity contribution in [3.63, 3.8) is 0 Å². The molecule has 1 atom stereocenters. The molecule has 1 heterocycles. The molecule has 0 aliphatic heterocycles. The molecule has 1 aromatic heterocycles. The van der Waals surface area contributed by atoms with Crippen molar-refractivity contribution in [3.05, 3.63) is 16.0 Å². The Kier molecular flexibility index (Phi) is 4.45. The number of nitrogens with zero attached hydrogens (tertiary/aromatic N) is 1. The molecule has 6 heteroatoms. The molecule has 1 aromatic rings. The van der Waals surface area contributed by atoms with E-state index in [1.807, 2.05) is 13.0 Å². The number of hydrogen-bond acceptors (Lipinski definition) is 5. The Morgan fingerprint density at radius 2 is 2.06 bits per heavy atom. The summed E-state index contributed by atoms with van der Waals surface area (Å²) in [7, 11) is 0. The number of rotatable bonds is 3. The normalized spacial score (nSPS) is 11.5. The number of amides is 1. The van der Waals surface area contributed by atoms with Crippen molar-refractivity contribution in [2.24, 2.45) is 0 Å². The highest BCUT2D eigenvalue weighted by Gasteiger charge is 2.22. The van der Waals surface area contributed by atoms with Crippen LogP contribution in [0.2, 0.25) is 0 Å². The van der Waals surface area contributed by atoms with Crippen LogP contribution in [0.25, 0.3) is 0 Å². The third kappa shape index (κ3) is 3.08. The smallest absolute Gasteiger partial charge is 0.342 e. The number of anilines is 1. The number of aryl methyl sites for hydroxylation is 1. The van der Waals surface area contributed by atoms with E-state index in [9.17, 15) is 9.59 Å². The van der Waals surface area contributed by atoms with E-state index in [0.29, 0.717) is 10.6 Å². The summed E-state index contributed by atoms with van der Waals surface area (Å²) >= 11 is 1.32. The molecule has 96 valence electrons. The van der Waals surface area contributed by atoms with E-state index in [2.05, 4.69) is 5.32 Å². The van der Waals surface area contributed by atoms with Crippen molar-refractivity contribution in [1.82, 2.24) is 0 Å². The van der Waals surface area contributed by atoms with Crippen molar-refractivity contribution < 1.29 is 14.3 Å². The maximum absolute atomic E-state index is 11.9. The summed E-state index contributed by atoms with van der Waals surface area (Å²) in [6.45, 7) is 6.50. The number of hydrogen-bond donors (Lipinski definition) is 1. The van der Waals surface area contributed by atoms with E-state index in [0.717, 1.165) is 10.4 Å². The third-order valence-corrected chi connectivity index (χ3v) is 3.47. The van der Waals surface area contributed by atoms with Gasteiger partial charge in [0, 0.05) is 11.8 Å². The van der Waals surface area contributed by atoms with Crippen LogP contribution in [0, 0.1) is 25.2 Å². The third-order valence-electron chi connectivity index (χ3n) is 2.34. The Hall–Kier alpha value is -1.87. The van der Waals surface area contributed by atoms with Crippen molar-refractivity contribution in [2.45, 2.75) is 33.8 Å². The Morgan fingerprint density at radius 1 is 1.44 bits per heavy atom. The van der Waals surface area contributed by atoms with Crippen LogP contribution in [-0.2, 0) is 9.53 Å². The van der Waals surface area contributed by atoms with Crippen LogP contribution in [0.1, 0.15) is 34.6 Å². The molecule has 0 aliphatic carbocycles. The fourth-order valence-corrected chi connectivity index (χ4v) is 2.46. The van der Waals surface area contributed by atoms with Crippen LogP contribution in [0.15, 0.2) is 0 Å². The molecule has 1 N–H and O–H groups in total. The maximum atomic E-state index is 11.9. The van der Waals surface area contributed by atoms with Gasteiger partial charge >= 0.3 is 5.97 Å². The highest BCUT2D eigenvalue weighted by atomic mass is 32.1. The summed E-state index contributed by atoms with van der Waals surface area (Å²) in [4.78, 5) is 23.9. The molecule has 1 amide bonds. The minimum absolute atomic E-state index is 0.251. The number of carbonyl (C=O) groups excluding carboxylic acids is 2. The van der Waals surface area contributed by atoms with Crippen molar-refractivity contribution in [3.8, 4) is 6.07 Å². The summed E-state index contributed by atoms with van der Waals surface area (Å²) < 4.78 is 4.96. The predicted molar refractivity (Wildman–Crippen MR) is 68.6 cm³/mol. The van der Waals surface area contributed by atoms with Crippen LogP contribution >= 0.6 is 11.3 Å². The summed E-state index contributed by atoms with van der Waals surface area (Å²) in [5.41, 5.74) is 1.09. The molecule has 0 spiro atoms. The van der Waals surface area contributed by atoms with Crippen molar-refractivity contribution >= 4 is 28.2 Å². The van der Waals surface area contributed by atoms with Gasteiger partial charge in [0.2, 0.25) is 5.91 Å². The fraction of sp³-hybridized carbons (Fsp3) is 0.417. The number of nitrogens with one attached hydrogen (secondary N) is 1. The topological polar surface area (TPSA) is 79.2 Å². The molecule has 0 saturated heterocycles. The van der Waals surface area contributed by atoms with Gasteiger partial charge < -0.3 is 10.1 Å². The van der Waals surface area contributed by atoms with Gasteiger partial charge in [0.25, 0.3) is 0 Å². The van der Waals surface area contributed by atoms with Gasteiger partial charge in [0.1, 0.15) is 11.1 Å². The molecule has 0 bridgehead atoms. The first-order valence-corrected chi connectivity index (χ1v) is 6.16. The minimum atomic E-state index is -0.817. The minimum Gasteiger partial charge on any atom is -0.444 e. The lowest BCUT2D eigenvalue weighted by Gasteiger charge is -2.08. The molecular weight excluding hydrogens is 252 g/mol. The summed E-state index contributed by atoms with van der Waals surface area (Å²) in [5, 5.41) is 11.7. The average molecular weight is 266 g/mol. The van der Waals surface area contributed by atoms with E-state index in [-0.39, 0.29) is 5.91 Å². The fourth-order valence-electron chi connectivity index (χ4n) is 1.37. The van der Waals surface area contributed by atoms with Crippen molar-refractivity contribution in [2.75, 3.05) is 5.32 Å². The van der Waals surface area contributed by atoms with Crippen LogP contribution in [-0.4, -0.2) is 18.0 Å². The van der Waals surface area contributed by atoms with Gasteiger partial charge in [-0.15, -0.1) is 11.3 Å². The summed E-state index contributed by atoms with van der Waals surface area (Å²) in [6, 6.07) is 1.83. The first-order valence-electron chi connectivity index (χ1n) is 5.35. The van der Waals surface area contributed by atoms with E-state index < -0.39 is 12.1 Å². The zero-order valence-electron chi connectivity index (χ0n) is 10.7. The van der Waals surface area contributed by atoms with Gasteiger partial charge in [0.15, 0.2) is 6.10 Å². The number of carbonyl (C=O) groups is 2. The number of esters is 1. The SMILES string of the molecule is CC(=O)Nc1sc(C)c(C)c1C(=O)O[C@@H](C)C#N. The van der Waals surface area contributed by atoms with Gasteiger partial charge in [-0.1, -0.05) is 0 Å². The van der Waals surface area contributed by atoms with Gasteiger partial charge in [0.05, 0.1) is 5.56 Å². The van der Waals surface area contributed by atoms with Gasteiger partial charge in [-0.3, -0.25) is 4.79 Å². The monoisotopic (exact) mass is 266 g/mol. The average Bonchev–Trinajstić information content (AvgIpc) is 2.53. The number of ether oxygens (including phenoxy) is 1. The Bertz CT molecular complexity index is 528. The van der Waals surface area contributed by atoms with Crippen LogP contribution < -0.4 is 5.32 Å². The number of thiophene rings is 1. The summed E-state index contributed by atoms with van der Waals surface area (Å²) in [6.07, 6.45) is -0.817. The standard InChI is InChI=1S/C12H14N2O3S/c1-6(5-13)17-12(16)10-7(2)8(3)18-11(10)14-9(4)15/h6H,1-4H3,(H,14,15)/t6-/m0/s1. The van der Waals surface area contributed by atoms with Crippen molar-refractivity contribution in [1.29, 1.82) is 5.26 Å². The second kappa shape index (κ2) is 5.65. The lowest BCUT2D eigenvalue weighted by Crippen LogP contribution is -2.16. The molecule has 1 rings (SSSR count). The van der Waals surface area contributed by atoms with E-state index in [4.69, 9.17) is 10.00 Å². The van der Waals surface area contributed by atoms with Crippen LogP contribution in [0.5, 0.6) is 0 Å². The van der Waals surface area contributed by atoms with Crippen LogP contribution in [0.3, 0.4) is 0 Å². The Balaban J connectivity index is 3.10. The first-order chi connectivity index (χ1) is 8.36. The lowest BCUT2D eigenvalue weighted by atomic mass is 10.1. The molecule has 0 aromatic carbocycles.